The molecule has 8 nitrogen and oxygen atoms in total. The fourth-order valence-corrected chi connectivity index (χ4v) is 3.41. The molecule has 0 aromatic carbocycles. The zero-order valence-corrected chi connectivity index (χ0v) is 13.0. The van der Waals surface area contributed by atoms with E-state index in [9.17, 15) is 8.42 Å². The van der Waals surface area contributed by atoms with Crippen LogP contribution in [-0.2, 0) is 16.6 Å². The predicted octanol–water partition coefficient (Wildman–Crippen LogP) is 0.843. The van der Waals surface area contributed by atoms with Gasteiger partial charge in [-0.1, -0.05) is 5.16 Å². The lowest BCUT2D eigenvalue weighted by Crippen LogP contribution is -2.47. The van der Waals surface area contributed by atoms with Crippen molar-refractivity contribution >= 4 is 10.0 Å². The maximum atomic E-state index is 11.3. The Morgan fingerprint density at radius 1 is 1.50 bits per heavy atom. The summed E-state index contributed by atoms with van der Waals surface area (Å²) in [7, 11) is -3.19. The number of sulfonamides is 1. The number of piperidine rings is 1. The summed E-state index contributed by atoms with van der Waals surface area (Å²) in [5, 5.41) is 3.88. The quantitative estimate of drug-likeness (QED) is 0.868. The number of furan rings is 1. The van der Waals surface area contributed by atoms with Gasteiger partial charge in [0.1, 0.15) is 0 Å². The maximum absolute atomic E-state index is 11.3. The number of nitrogens with zero attached hydrogens (tertiary/aromatic N) is 3. The molecule has 0 unspecified atom stereocenters. The van der Waals surface area contributed by atoms with Gasteiger partial charge >= 0.3 is 0 Å². The number of aromatic nitrogens is 2. The molecule has 120 valence electrons. The predicted molar refractivity (Wildman–Crippen MR) is 78.3 cm³/mol. The van der Waals surface area contributed by atoms with Crippen molar-refractivity contribution in [3.63, 3.8) is 0 Å². The minimum atomic E-state index is -3.19. The smallest absolute Gasteiger partial charge is 0.241 e. The van der Waals surface area contributed by atoms with E-state index in [0.717, 1.165) is 19.4 Å². The zero-order chi connectivity index (χ0) is 15.6. The first kappa shape index (κ1) is 15.2. The Hall–Kier alpha value is -1.71. The summed E-state index contributed by atoms with van der Waals surface area (Å²) in [4.78, 5) is 6.40. The Morgan fingerprint density at radius 2 is 2.36 bits per heavy atom. The van der Waals surface area contributed by atoms with Gasteiger partial charge in [0.25, 0.3) is 0 Å². The average molecular weight is 326 g/mol. The Balaban J connectivity index is 1.61. The van der Waals surface area contributed by atoms with Gasteiger partial charge in [-0.25, -0.2) is 13.1 Å². The van der Waals surface area contributed by atoms with Crippen molar-refractivity contribution < 1.29 is 17.4 Å². The minimum absolute atomic E-state index is 0.0729. The Kier molecular flexibility index (Phi) is 4.27. The lowest BCUT2D eigenvalue weighted by Gasteiger charge is -2.31. The highest BCUT2D eigenvalue weighted by Gasteiger charge is 2.24. The molecule has 2 aromatic rings. The summed E-state index contributed by atoms with van der Waals surface area (Å²) in [5.74, 6) is 1.47. The molecule has 0 saturated carbocycles. The molecule has 0 amide bonds. The first-order valence-corrected chi connectivity index (χ1v) is 8.95. The lowest BCUT2D eigenvalue weighted by molar-refractivity contribution is 0.173. The van der Waals surface area contributed by atoms with Gasteiger partial charge in [0.15, 0.2) is 5.76 Å². The second-order valence-electron chi connectivity index (χ2n) is 5.45. The first-order valence-electron chi connectivity index (χ1n) is 7.06. The van der Waals surface area contributed by atoms with Crippen LogP contribution in [0.4, 0.5) is 0 Å². The van der Waals surface area contributed by atoms with Gasteiger partial charge in [0.05, 0.1) is 19.1 Å². The van der Waals surface area contributed by atoms with Gasteiger partial charge in [0, 0.05) is 12.6 Å². The van der Waals surface area contributed by atoms with Crippen LogP contribution in [0.25, 0.3) is 11.6 Å². The average Bonchev–Trinajstić information content (AvgIpc) is 3.07. The van der Waals surface area contributed by atoms with Crippen LogP contribution in [0.1, 0.15) is 18.7 Å². The van der Waals surface area contributed by atoms with Crippen LogP contribution >= 0.6 is 0 Å². The van der Waals surface area contributed by atoms with Crippen LogP contribution < -0.4 is 4.72 Å². The second-order valence-corrected chi connectivity index (χ2v) is 7.23. The molecule has 22 heavy (non-hydrogen) atoms. The van der Waals surface area contributed by atoms with Crippen LogP contribution in [0.5, 0.6) is 0 Å². The van der Waals surface area contributed by atoms with E-state index in [0.29, 0.717) is 30.6 Å². The van der Waals surface area contributed by atoms with Crippen molar-refractivity contribution in [3.05, 3.63) is 24.3 Å². The van der Waals surface area contributed by atoms with Crippen LogP contribution in [0.3, 0.4) is 0 Å². The van der Waals surface area contributed by atoms with E-state index in [4.69, 9.17) is 8.94 Å². The number of rotatable bonds is 5. The van der Waals surface area contributed by atoms with Crippen LogP contribution in [0.15, 0.2) is 27.3 Å². The third-order valence-corrected chi connectivity index (χ3v) is 4.22. The third-order valence-electron chi connectivity index (χ3n) is 3.45. The van der Waals surface area contributed by atoms with E-state index in [-0.39, 0.29) is 6.04 Å². The van der Waals surface area contributed by atoms with Crippen LogP contribution in [-0.4, -0.2) is 48.8 Å². The molecule has 2 aromatic heterocycles. The highest BCUT2D eigenvalue weighted by atomic mass is 32.2. The Labute approximate surface area is 128 Å². The standard InChI is InChI=1S/C13H18N4O4S/c1-22(18,19)16-10-4-2-6-17(8-10)9-12-14-13(15-21-12)11-5-3-7-20-11/h3,5,7,10,16H,2,4,6,8-9H2,1H3/t10-/m0/s1. The largest absolute Gasteiger partial charge is 0.461 e. The van der Waals surface area contributed by atoms with Crippen molar-refractivity contribution in [1.29, 1.82) is 0 Å². The highest BCUT2D eigenvalue weighted by molar-refractivity contribution is 7.88. The molecule has 0 aliphatic carbocycles. The molecule has 3 heterocycles. The van der Waals surface area contributed by atoms with Crippen molar-refractivity contribution in [2.75, 3.05) is 19.3 Å². The van der Waals surface area contributed by atoms with Crippen molar-refractivity contribution in [1.82, 2.24) is 19.8 Å². The fraction of sp³-hybridized carbons (Fsp3) is 0.538. The molecule has 0 radical (unpaired) electrons. The molecule has 1 saturated heterocycles. The van der Waals surface area contributed by atoms with Crippen molar-refractivity contribution in [3.8, 4) is 11.6 Å². The fourth-order valence-electron chi connectivity index (χ4n) is 2.61. The van der Waals surface area contributed by atoms with E-state index in [2.05, 4.69) is 19.8 Å². The van der Waals surface area contributed by atoms with Gasteiger partial charge in [-0.05, 0) is 31.5 Å². The van der Waals surface area contributed by atoms with Crippen molar-refractivity contribution in [2.45, 2.75) is 25.4 Å². The van der Waals surface area contributed by atoms with E-state index < -0.39 is 10.0 Å². The maximum Gasteiger partial charge on any atom is 0.241 e. The molecule has 3 rings (SSSR count). The highest BCUT2D eigenvalue weighted by Crippen LogP contribution is 2.18. The minimum Gasteiger partial charge on any atom is -0.461 e. The molecule has 0 bridgehead atoms. The van der Waals surface area contributed by atoms with Gasteiger partial charge < -0.3 is 8.94 Å². The van der Waals surface area contributed by atoms with E-state index in [1.807, 2.05) is 0 Å². The topological polar surface area (TPSA) is 101 Å². The Morgan fingerprint density at radius 3 is 3.09 bits per heavy atom. The molecule has 1 aliphatic rings. The van der Waals surface area contributed by atoms with E-state index in [1.54, 1.807) is 18.4 Å². The number of likely N-dealkylation sites (tertiary alicyclic amines) is 1. The Bertz CT molecular complexity index is 710. The molecule has 1 atom stereocenters. The monoisotopic (exact) mass is 326 g/mol. The van der Waals surface area contributed by atoms with Gasteiger partial charge in [0.2, 0.25) is 21.7 Å². The van der Waals surface area contributed by atoms with Gasteiger partial charge in [-0.3, -0.25) is 4.90 Å². The first-order chi connectivity index (χ1) is 10.5. The van der Waals surface area contributed by atoms with Crippen LogP contribution in [0, 0.1) is 0 Å². The normalized spacial score (nSPS) is 20.3. The van der Waals surface area contributed by atoms with Gasteiger partial charge in [-0.2, -0.15) is 4.98 Å². The summed E-state index contributed by atoms with van der Waals surface area (Å²) in [5.41, 5.74) is 0. The summed E-state index contributed by atoms with van der Waals surface area (Å²) in [6, 6.07) is 3.45. The van der Waals surface area contributed by atoms with E-state index >= 15 is 0 Å². The molecular formula is C13H18N4O4S. The SMILES string of the molecule is CS(=O)(=O)N[C@H]1CCCN(Cc2nc(-c3ccco3)no2)C1. The number of hydrogen-bond donors (Lipinski definition) is 1. The number of nitrogens with one attached hydrogen (secondary N) is 1. The number of hydrogen-bond acceptors (Lipinski definition) is 7. The molecule has 9 heteroatoms. The molecular weight excluding hydrogens is 308 g/mol. The summed E-state index contributed by atoms with van der Waals surface area (Å²) in [6.45, 7) is 2.00. The summed E-state index contributed by atoms with van der Waals surface area (Å²) < 4.78 is 35.7. The van der Waals surface area contributed by atoms with Crippen LogP contribution in [0.2, 0.25) is 0 Å². The van der Waals surface area contributed by atoms with Crippen molar-refractivity contribution in [2.24, 2.45) is 0 Å². The molecule has 1 aliphatic heterocycles. The van der Waals surface area contributed by atoms with E-state index in [1.165, 1.54) is 6.26 Å². The molecule has 1 N–H and O–H groups in total. The summed E-state index contributed by atoms with van der Waals surface area (Å²) >= 11 is 0. The third kappa shape index (κ3) is 3.93. The second kappa shape index (κ2) is 6.19. The molecule has 0 spiro atoms. The lowest BCUT2D eigenvalue weighted by atomic mass is 10.1. The zero-order valence-electron chi connectivity index (χ0n) is 12.2. The van der Waals surface area contributed by atoms with Gasteiger partial charge in [-0.15, -0.1) is 0 Å². The molecule has 1 fully saturated rings. The summed E-state index contributed by atoms with van der Waals surface area (Å²) in [6.07, 6.45) is 4.49.